The number of aryl methyl sites for hydroxylation is 1. The van der Waals surface area contributed by atoms with Crippen LogP contribution in [0.15, 0.2) is 5.38 Å². The van der Waals surface area contributed by atoms with Gasteiger partial charge in [-0.15, -0.1) is 11.3 Å². The molecule has 2 amide bonds. The van der Waals surface area contributed by atoms with E-state index in [1.807, 2.05) is 12.3 Å². The topological polar surface area (TPSA) is 91.3 Å². The molecule has 21 heavy (non-hydrogen) atoms. The van der Waals surface area contributed by atoms with E-state index in [0.29, 0.717) is 19.4 Å². The van der Waals surface area contributed by atoms with E-state index in [1.165, 1.54) is 0 Å². The first kappa shape index (κ1) is 15.8. The number of nitrogens with one attached hydrogen (secondary N) is 2. The van der Waals surface area contributed by atoms with Gasteiger partial charge in [-0.05, 0) is 32.6 Å². The zero-order chi connectivity index (χ0) is 15.2. The second kappa shape index (κ2) is 7.40. The van der Waals surface area contributed by atoms with Crippen LogP contribution in [-0.4, -0.2) is 34.7 Å². The van der Waals surface area contributed by atoms with Gasteiger partial charge in [-0.3, -0.25) is 4.79 Å². The van der Waals surface area contributed by atoms with Gasteiger partial charge in [0.1, 0.15) is 0 Å². The number of hydrogen-bond donors (Lipinski definition) is 3. The molecule has 7 heteroatoms. The summed E-state index contributed by atoms with van der Waals surface area (Å²) in [5, 5.41) is 17.7. The molecule has 1 aromatic rings. The summed E-state index contributed by atoms with van der Waals surface area (Å²) in [6.07, 6.45) is 3.46. The molecule has 0 bridgehead atoms. The normalized spacial score (nSPS) is 21.8. The molecular weight excluding hydrogens is 290 g/mol. The highest BCUT2D eigenvalue weighted by molar-refractivity contribution is 7.09. The first-order valence-corrected chi connectivity index (χ1v) is 8.10. The maximum Gasteiger partial charge on any atom is 0.315 e. The van der Waals surface area contributed by atoms with Crippen LogP contribution in [0.5, 0.6) is 0 Å². The first-order chi connectivity index (χ1) is 10.0. The Hall–Kier alpha value is -1.63. The summed E-state index contributed by atoms with van der Waals surface area (Å²) >= 11 is 1.61. The number of thiazole rings is 1. The maximum absolute atomic E-state index is 11.8. The van der Waals surface area contributed by atoms with E-state index < -0.39 is 5.97 Å². The summed E-state index contributed by atoms with van der Waals surface area (Å²) in [4.78, 5) is 27.0. The van der Waals surface area contributed by atoms with Crippen molar-refractivity contribution in [2.24, 2.45) is 5.92 Å². The minimum atomic E-state index is -0.726. The Balaban J connectivity index is 1.62. The molecule has 3 N–H and O–H groups in total. The molecule has 0 radical (unpaired) electrons. The van der Waals surface area contributed by atoms with Gasteiger partial charge >= 0.3 is 12.0 Å². The molecule has 1 aromatic heterocycles. The largest absolute Gasteiger partial charge is 0.481 e. The van der Waals surface area contributed by atoms with Crippen LogP contribution in [0.2, 0.25) is 0 Å². The summed E-state index contributed by atoms with van der Waals surface area (Å²) in [5.74, 6) is -0.976. The van der Waals surface area contributed by atoms with E-state index >= 15 is 0 Å². The third kappa shape index (κ3) is 5.00. The molecule has 6 nitrogen and oxygen atoms in total. The zero-order valence-electron chi connectivity index (χ0n) is 12.1. The van der Waals surface area contributed by atoms with Crippen molar-refractivity contribution >= 4 is 23.3 Å². The summed E-state index contributed by atoms with van der Waals surface area (Å²) in [6.45, 7) is 2.52. The van der Waals surface area contributed by atoms with E-state index in [9.17, 15) is 9.59 Å². The van der Waals surface area contributed by atoms with Crippen molar-refractivity contribution in [2.75, 3.05) is 6.54 Å². The standard InChI is InChI=1S/C14H21N3O3S/c1-9-16-12(8-21-9)6-7-15-14(20)17-11-4-2-10(3-5-11)13(18)19/h8,10-11H,2-7H2,1H3,(H,18,19)(H2,15,17,20). The van der Waals surface area contributed by atoms with Crippen molar-refractivity contribution in [3.05, 3.63) is 16.1 Å². The first-order valence-electron chi connectivity index (χ1n) is 7.23. The predicted octanol–water partition coefficient (Wildman–Crippen LogP) is 1.94. The van der Waals surface area contributed by atoms with E-state index in [2.05, 4.69) is 15.6 Å². The summed E-state index contributed by atoms with van der Waals surface area (Å²) < 4.78 is 0. The maximum atomic E-state index is 11.8. The van der Waals surface area contributed by atoms with Gasteiger partial charge in [-0.1, -0.05) is 0 Å². The fourth-order valence-electron chi connectivity index (χ4n) is 2.55. The molecule has 1 heterocycles. The molecule has 0 aromatic carbocycles. The van der Waals surface area contributed by atoms with Crippen LogP contribution in [0.4, 0.5) is 4.79 Å². The van der Waals surface area contributed by atoms with Gasteiger partial charge < -0.3 is 15.7 Å². The minimum absolute atomic E-state index is 0.0853. The smallest absolute Gasteiger partial charge is 0.315 e. The van der Waals surface area contributed by atoms with Gasteiger partial charge in [0, 0.05) is 24.4 Å². The monoisotopic (exact) mass is 311 g/mol. The number of nitrogens with zero attached hydrogens (tertiary/aromatic N) is 1. The molecule has 0 atom stereocenters. The number of amides is 2. The number of aromatic nitrogens is 1. The average molecular weight is 311 g/mol. The fourth-order valence-corrected chi connectivity index (χ4v) is 3.20. The lowest BCUT2D eigenvalue weighted by atomic mass is 9.86. The molecule has 2 rings (SSSR count). The number of carbonyl (C=O) groups is 2. The van der Waals surface area contributed by atoms with Gasteiger partial charge in [-0.25, -0.2) is 9.78 Å². The highest BCUT2D eigenvalue weighted by atomic mass is 32.1. The Kier molecular flexibility index (Phi) is 5.55. The second-order valence-electron chi connectivity index (χ2n) is 5.39. The number of carboxylic acids is 1. The van der Waals surface area contributed by atoms with Crippen molar-refractivity contribution in [3.8, 4) is 0 Å². The van der Waals surface area contributed by atoms with Crippen molar-refractivity contribution in [1.82, 2.24) is 15.6 Å². The Morgan fingerprint density at radius 2 is 2.10 bits per heavy atom. The van der Waals surface area contributed by atoms with Crippen molar-refractivity contribution in [1.29, 1.82) is 0 Å². The molecule has 0 spiro atoms. The predicted molar refractivity (Wildman–Crippen MR) is 80.5 cm³/mol. The van der Waals surface area contributed by atoms with Gasteiger partial charge in [0.05, 0.1) is 16.6 Å². The summed E-state index contributed by atoms with van der Waals surface area (Å²) in [6, 6.07) is -0.0946. The van der Waals surface area contributed by atoms with Crippen LogP contribution in [0.1, 0.15) is 36.4 Å². The van der Waals surface area contributed by atoms with Crippen LogP contribution in [0.25, 0.3) is 0 Å². The Morgan fingerprint density at radius 3 is 2.67 bits per heavy atom. The molecule has 0 saturated heterocycles. The van der Waals surface area contributed by atoms with Crippen molar-refractivity contribution < 1.29 is 14.7 Å². The second-order valence-corrected chi connectivity index (χ2v) is 6.46. The van der Waals surface area contributed by atoms with Crippen LogP contribution in [0.3, 0.4) is 0 Å². The molecular formula is C14H21N3O3S. The highest BCUT2D eigenvalue weighted by Crippen LogP contribution is 2.24. The third-order valence-electron chi connectivity index (χ3n) is 3.74. The highest BCUT2D eigenvalue weighted by Gasteiger charge is 2.26. The van der Waals surface area contributed by atoms with E-state index in [1.54, 1.807) is 11.3 Å². The average Bonchev–Trinajstić information content (AvgIpc) is 2.85. The van der Waals surface area contributed by atoms with E-state index in [0.717, 1.165) is 30.0 Å². The number of urea groups is 1. The Morgan fingerprint density at radius 1 is 1.38 bits per heavy atom. The van der Waals surface area contributed by atoms with Crippen LogP contribution in [-0.2, 0) is 11.2 Å². The van der Waals surface area contributed by atoms with E-state index in [4.69, 9.17) is 5.11 Å². The molecule has 0 unspecified atom stereocenters. The van der Waals surface area contributed by atoms with Crippen LogP contribution in [0, 0.1) is 12.8 Å². The van der Waals surface area contributed by atoms with Gasteiger partial charge in [0.15, 0.2) is 0 Å². The number of hydrogen-bond acceptors (Lipinski definition) is 4. The van der Waals surface area contributed by atoms with Crippen molar-refractivity contribution in [3.63, 3.8) is 0 Å². The SMILES string of the molecule is Cc1nc(CCNC(=O)NC2CCC(C(=O)O)CC2)cs1. The summed E-state index contributed by atoms with van der Waals surface area (Å²) in [7, 11) is 0. The molecule has 1 aliphatic rings. The molecule has 0 aliphatic heterocycles. The van der Waals surface area contributed by atoms with Crippen molar-refractivity contribution in [2.45, 2.75) is 45.1 Å². The number of carboxylic acid groups (broad SMARTS) is 1. The quantitative estimate of drug-likeness (QED) is 0.775. The van der Waals surface area contributed by atoms with Gasteiger partial charge in [0.25, 0.3) is 0 Å². The van der Waals surface area contributed by atoms with Gasteiger partial charge in [0.2, 0.25) is 0 Å². The molecule has 116 valence electrons. The third-order valence-corrected chi connectivity index (χ3v) is 4.57. The van der Waals surface area contributed by atoms with Gasteiger partial charge in [-0.2, -0.15) is 0 Å². The lowest BCUT2D eigenvalue weighted by Crippen LogP contribution is -2.44. The summed E-state index contributed by atoms with van der Waals surface area (Å²) in [5.41, 5.74) is 1.000. The molecule has 1 saturated carbocycles. The lowest BCUT2D eigenvalue weighted by Gasteiger charge is -2.26. The lowest BCUT2D eigenvalue weighted by molar-refractivity contribution is -0.142. The minimum Gasteiger partial charge on any atom is -0.481 e. The molecule has 1 aliphatic carbocycles. The Labute approximate surface area is 128 Å². The van der Waals surface area contributed by atoms with Crippen LogP contribution < -0.4 is 10.6 Å². The fraction of sp³-hybridized carbons (Fsp3) is 0.643. The number of aliphatic carboxylic acids is 1. The Bertz CT molecular complexity index is 495. The molecule has 1 fully saturated rings. The zero-order valence-corrected chi connectivity index (χ0v) is 12.9. The number of rotatable bonds is 5. The number of carbonyl (C=O) groups excluding carboxylic acids is 1. The van der Waals surface area contributed by atoms with E-state index in [-0.39, 0.29) is 18.0 Å². The van der Waals surface area contributed by atoms with Crippen LogP contribution >= 0.6 is 11.3 Å².